The Morgan fingerprint density at radius 3 is 2.90 bits per heavy atom. The van der Waals surface area contributed by atoms with Gasteiger partial charge in [0.05, 0.1) is 19.5 Å². The van der Waals surface area contributed by atoms with Crippen LogP contribution in [-0.2, 0) is 4.79 Å². The van der Waals surface area contributed by atoms with Crippen LogP contribution in [0.1, 0.15) is 32.6 Å². The summed E-state index contributed by atoms with van der Waals surface area (Å²) in [4.78, 5) is 12.4. The summed E-state index contributed by atoms with van der Waals surface area (Å²) in [7, 11) is 0. The Bertz CT molecular complexity index is 122. The lowest BCUT2D eigenvalue weighted by molar-refractivity contribution is -0.818. The first-order chi connectivity index (χ1) is 4.84. The molecule has 1 atom stereocenters. The second-order valence-electron chi connectivity index (χ2n) is 2.94. The molecule has 58 valence electrons. The molecule has 0 aliphatic carbocycles. The zero-order valence-corrected chi connectivity index (χ0v) is 6.65. The molecule has 1 heterocycles. The van der Waals surface area contributed by atoms with Gasteiger partial charge < -0.3 is 0 Å². The van der Waals surface area contributed by atoms with E-state index in [1.165, 1.54) is 17.7 Å². The number of hydrogen-bond acceptors (Lipinski definition) is 1. The van der Waals surface area contributed by atoms with Gasteiger partial charge in [-0.25, -0.2) is 4.79 Å². The maximum absolute atomic E-state index is 11.2. The third-order valence-electron chi connectivity index (χ3n) is 2.20. The van der Waals surface area contributed by atoms with Gasteiger partial charge in [-0.15, -0.1) is 0 Å². The smallest absolute Gasteiger partial charge is 0.272 e. The van der Waals surface area contributed by atoms with Gasteiger partial charge >= 0.3 is 5.91 Å². The summed E-state index contributed by atoms with van der Waals surface area (Å²) >= 11 is 0. The van der Waals surface area contributed by atoms with Crippen LogP contribution >= 0.6 is 0 Å². The molecule has 1 saturated heterocycles. The van der Waals surface area contributed by atoms with E-state index >= 15 is 0 Å². The van der Waals surface area contributed by atoms with E-state index in [1.54, 1.807) is 0 Å². The minimum atomic E-state index is 0.431. The van der Waals surface area contributed by atoms with Gasteiger partial charge in [-0.05, 0) is 26.2 Å². The van der Waals surface area contributed by atoms with Crippen LogP contribution in [0.3, 0.4) is 0 Å². The molecule has 1 N–H and O–H groups in total. The van der Waals surface area contributed by atoms with E-state index in [1.807, 2.05) is 0 Å². The standard InChI is InChI=1S/C8H15NO/c1-2-9-7-5-3-4-6-8(9)10/h2-7H2,1H3/p+1. The molecule has 1 fully saturated rings. The van der Waals surface area contributed by atoms with Gasteiger partial charge in [0.2, 0.25) is 0 Å². The van der Waals surface area contributed by atoms with Crippen molar-refractivity contribution in [2.45, 2.75) is 32.6 Å². The molecule has 0 saturated carbocycles. The fourth-order valence-electron chi connectivity index (χ4n) is 1.49. The van der Waals surface area contributed by atoms with Gasteiger partial charge in [0.25, 0.3) is 0 Å². The van der Waals surface area contributed by atoms with Crippen molar-refractivity contribution in [1.82, 2.24) is 0 Å². The normalized spacial score (nSPS) is 28.1. The Kier molecular flexibility index (Phi) is 2.87. The zero-order valence-electron chi connectivity index (χ0n) is 6.65. The molecule has 0 aromatic rings. The van der Waals surface area contributed by atoms with Crippen molar-refractivity contribution in [1.29, 1.82) is 0 Å². The van der Waals surface area contributed by atoms with Crippen LogP contribution < -0.4 is 4.90 Å². The predicted molar refractivity (Wildman–Crippen MR) is 39.8 cm³/mol. The Balaban J connectivity index is 2.43. The van der Waals surface area contributed by atoms with E-state index in [-0.39, 0.29) is 0 Å². The fraction of sp³-hybridized carbons (Fsp3) is 0.875. The summed E-state index contributed by atoms with van der Waals surface area (Å²) in [5.74, 6) is 0.431. The number of rotatable bonds is 1. The molecule has 1 aliphatic rings. The average molecular weight is 142 g/mol. The molecular weight excluding hydrogens is 126 g/mol. The molecule has 2 heteroatoms. The monoisotopic (exact) mass is 142 g/mol. The lowest BCUT2D eigenvalue weighted by Crippen LogP contribution is -3.14. The van der Waals surface area contributed by atoms with Crippen molar-refractivity contribution >= 4 is 5.91 Å². The second-order valence-corrected chi connectivity index (χ2v) is 2.94. The first-order valence-electron chi connectivity index (χ1n) is 4.22. The Labute approximate surface area is 62.2 Å². The van der Waals surface area contributed by atoms with Gasteiger partial charge in [0.15, 0.2) is 0 Å². The van der Waals surface area contributed by atoms with E-state index in [0.717, 1.165) is 25.9 Å². The highest BCUT2D eigenvalue weighted by molar-refractivity contribution is 5.66. The van der Waals surface area contributed by atoms with Crippen LogP contribution in [0.15, 0.2) is 0 Å². The Morgan fingerprint density at radius 1 is 1.40 bits per heavy atom. The highest BCUT2D eigenvalue weighted by Crippen LogP contribution is 1.99. The van der Waals surface area contributed by atoms with Gasteiger partial charge in [0, 0.05) is 0 Å². The summed E-state index contributed by atoms with van der Waals surface area (Å²) in [6.45, 7) is 4.12. The van der Waals surface area contributed by atoms with Crippen LogP contribution in [0.2, 0.25) is 0 Å². The van der Waals surface area contributed by atoms with E-state index in [9.17, 15) is 4.79 Å². The van der Waals surface area contributed by atoms with Crippen molar-refractivity contribution in [3.8, 4) is 0 Å². The number of hydrogen-bond donors (Lipinski definition) is 1. The molecule has 0 aromatic heterocycles. The Hall–Kier alpha value is -0.370. The maximum atomic E-state index is 11.2. The lowest BCUT2D eigenvalue weighted by Gasteiger charge is -2.10. The summed E-state index contributed by atoms with van der Waals surface area (Å²) in [5.41, 5.74) is 0. The number of nitrogens with one attached hydrogen (secondary N) is 1. The maximum Gasteiger partial charge on any atom is 0.312 e. The molecule has 0 radical (unpaired) electrons. The molecule has 0 aromatic carbocycles. The topological polar surface area (TPSA) is 21.5 Å². The Morgan fingerprint density at radius 2 is 2.20 bits per heavy atom. The highest BCUT2D eigenvalue weighted by atomic mass is 16.2. The molecule has 10 heavy (non-hydrogen) atoms. The minimum absolute atomic E-state index is 0.431. The molecule has 0 spiro atoms. The number of carbonyl (C=O) groups is 1. The van der Waals surface area contributed by atoms with Crippen LogP contribution in [0, 0.1) is 0 Å². The average Bonchev–Trinajstić information content (AvgIpc) is 2.13. The zero-order chi connectivity index (χ0) is 7.40. The van der Waals surface area contributed by atoms with Gasteiger partial charge in [-0.3, -0.25) is 4.90 Å². The third-order valence-corrected chi connectivity index (χ3v) is 2.20. The highest BCUT2D eigenvalue weighted by Gasteiger charge is 2.18. The molecule has 2 nitrogen and oxygen atoms in total. The second kappa shape index (κ2) is 3.71. The van der Waals surface area contributed by atoms with Gasteiger partial charge in [-0.2, -0.15) is 0 Å². The predicted octanol–water partition coefficient (Wildman–Crippen LogP) is -0.00820. The molecule has 1 amide bonds. The summed E-state index contributed by atoms with van der Waals surface area (Å²) < 4.78 is 0. The van der Waals surface area contributed by atoms with Gasteiger partial charge in [0.1, 0.15) is 0 Å². The fourth-order valence-corrected chi connectivity index (χ4v) is 1.49. The minimum Gasteiger partial charge on any atom is -0.272 e. The van der Waals surface area contributed by atoms with E-state index in [2.05, 4.69) is 6.92 Å². The van der Waals surface area contributed by atoms with Gasteiger partial charge in [-0.1, -0.05) is 0 Å². The largest absolute Gasteiger partial charge is 0.312 e. The summed E-state index contributed by atoms with van der Waals surface area (Å²) in [5, 5.41) is 0. The summed E-state index contributed by atoms with van der Waals surface area (Å²) in [6, 6.07) is 0. The molecule has 1 rings (SSSR count). The van der Waals surface area contributed by atoms with Crippen LogP contribution in [-0.4, -0.2) is 19.0 Å². The van der Waals surface area contributed by atoms with E-state index < -0.39 is 0 Å². The van der Waals surface area contributed by atoms with Crippen molar-refractivity contribution in [3.05, 3.63) is 0 Å². The van der Waals surface area contributed by atoms with Crippen molar-refractivity contribution in [3.63, 3.8) is 0 Å². The third kappa shape index (κ3) is 1.81. The number of carbonyl (C=O) groups excluding carboxylic acids is 1. The van der Waals surface area contributed by atoms with E-state index in [4.69, 9.17) is 0 Å². The quantitative estimate of drug-likeness (QED) is 0.546. The number of amides is 1. The molecule has 1 aliphatic heterocycles. The van der Waals surface area contributed by atoms with E-state index in [0.29, 0.717) is 5.91 Å². The summed E-state index contributed by atoms with van der Waals surface area (Å²) in [6.07, 6.45) is 4.40. The SMILES string of the molecule is CC[NH+]1CCCCCC1=O. The molecular formula is C8H16NO+. The first kappa shape index (κ1) is 7.73. The molecule has 1 unspecified atom stereocenters. The van der Waals surface area contributed by atoms with Crippen LogP contribution in [0.4, 0.5) is 0 Å². The number of likely N-dealkylation sites (tertiary alicyclic amines) is 1. The first-order valence-corrected chi connectivity index (χ1v) is 4.22. The van der Waals surface area contributed by atoms with Crippen molar-refractivity contribution < 1.29 is 9.69 Å². The van der Waals surface area contributed by atoms with Crippen LogP contribution in [0.25, 0.3) is 0 Å². The number of quaternary nitrogens is 1. The van der Waals surface area contributed by atoms with Crippen molar-refractivity contribution in [2.75, 3.05) is 13.1 Å². The van der Waals surface area contributed by atoms with Crippen LogP contribution in [0.5, 0.6) is 0 Å². The van der Waals surface area contributed by atoms with Crippen molar-refractivity contribution in [2.24, 2.45) is 0 Å². The molecule has 0 bridgehead atoms. The lowest BCUT2D eigenvalue weighted by atomic mass is 10.2.